The second-order valence-corrected chi connectivity index (χ2v) is 7.31. The molecule has 0 bridgehead atoms. The van der Waals surface area contributed by atoms with Crippen molar-refractivity contribution in [2.24, 2.45) is 5.73 Å². The molecular formula is C24H24FN3O. The minimum atomic E-state index is -0.420. The number of aromatic nitrogens is 1. The maximum Gasteiger partial charge on any atom is 0.142 e. The molecule has 29 heavy (non-hydrogen) atoms. The van der Waals surface area contributed by atoms with Crippen molar-refractivity contribution in [1.82, 2.24) is 10.3 Å². The highest BCUT2D eigenvalue weighted by Crippen LogP contribution is 2.39. The van der Waals surface area contributed by atoms with Gasteiger partial charge in [-0.1, -0.05) is 30.3 Å². The van der Waals surface area contributed by atoms with E-state index in [4.69, 9.17) is 10.5 Å². The standard InChI is InChI=1S/C24H24FN3O/c1-3-29-22-8-7-20(9-16(22)2)24(12-23(26)28-15-24)19-6-4-5-17(10-19)18-11-21(25)14-27-13-18/h4-14,28H,3,15,26H2,1-2H3. The summed E-state index contributed by atoms with van der Waals surface area (Å²) in [6.07, 6.45) is 4.94. The molecule has 1 aliphatic rings. The van der Waals surface area contributed by atoms with Gasteiger partial charge in [0.05, 0.1) is 24.0 Å². The van der Waals surface area contributed by atoms with E-state index < -0.39 is 5.41 Å². The minimum absolute atomic E-state index is 0.351. The topological polar surface area (TPSA) is 60.2 Å². The molecular weight excluding hydrogens is 365 g/mol. The Kier molecular flexibility index (Phi) is 4.97. The van der Waals surface area contributed by atoms with Gasteiger partial charge in [-0.3, -0.25) is 4.98 Å². The van der Waals surface area contributed by atoms with Gasteiger partial charge in [-0.05, 0) is 60.4 Å². The molecule has 0 radical (unpaired) electrons. The number of pyridine rings is 1. The van der Waals surface area contributed by atoms with E-state index in [1.54, 1.807) is 6.20 Å². The monoisotopic (exact) mass is 389 g/mol. The lowest BCUT2D eigenvalue weighted by atomic mass is 9.74. The number of nitrogens with two attached hydrogens (primary N) is 1. The summed E-state index contributed by atoms with van der Waals surface area (Å²) in [5.41, 5.74) is 10.7. The lowest BCUT2D eigenvalue weighted by Gasteiger charge is -2.29. The first-order chi connectivity index (χ1) is 14.0. The van der Waals surface area contributed by atoms with Crippen LogP contribution in [0, 0.1) is 12.7 Å². The molecule has 1 aliphatic heterocycles. The first-order valence-corrected chi connectivity index (χ1v) is 9.69. The quantitative estimate of drug-likeness (QED) is 0.684. The van der Waals surface area contributed by atoms with Gasteiger partial charge < -0.3 is 15.8 Å². The number of aryl methyl sites for hydroxylation is 1. The van der Waals surface area contributed by atoms with E-state index in [0.29, 0.717) is 19.0 Å². The molecule has 5 heteroatoms. The Hall–Kier alpha value is -3.34. The Bertz CT molecular complexity index is 1080. The van der Waals surface area contributed by atoms with Crippen LogP contribution in [-0.2, 0) is 5.41 Å². The minimum Gasteiger partial charge on any atom is -0.494 e. The molecule has 0 spiro atoms. The maximum atomic E-state index is 13.7. The number of hydrogen-bond acceptors (Lipinski definition) is 4. The van der Waals surface area contributed by atoms with Crippen LogP contribution in [0.2, 0.25) is 0 Å². The van der Waals surface area contributed by atoms with E-state index in [1.807, 2.05) is 32.0 Å². The molecule has 3 aromatic rings. The van der Waals surface area contributed by atoms with Crippen molar-refractivity contribution in [2.45, 2.75) is 19.3 Å². The van der Waals surface area contributed by atoms with E-state index in [9.17, 15) is 4.39 Å². The van der Waals surface area contributed by atoms with Gasteiger partial charge in [-0.15, -0.1) is 0 Å². The Morgan fingerprint density at radius 1 is 1.10 bits per heavy atom. The molecule has 1 unspecified atom stereocenters. The SMILES string of the molecule is CCOc1ccc(C2(c3cccc(-c4cncc(F)c4)c3)C=C(N)NC2)cc1C. The van der Waals surface area contributed by atoms with Crippen LogP contribution in [0.5, 0.6) is 5.75 Å². The van der Waals surface area contributed by atoms with Gasteiger partial charge in [0, 0.05) is 18.3 Å². The van der Waals surface area contributed by atoms with E-state index in [2.05, 4.69) is 40.6 Å². The summed E-state index contributed by atoms with van der Waals surface area (Å²) in [4.78, 5) is 3.98. The largest absolute Gasteiger partial charge is 0.494 e. The molecule has 1 aromatic heterocycles. The van der Waals surface area contributed by atoms with Crippen molar-refractivity contribution in [3.63, 3.8) is 0 Å². The van der Waals surface area contributed by atoms with Crippen molar-refractivity contribution in [2.75, 3.05) is 13.2 Å². The van der Waals surface area contributed by atoms with Crippen LogP contribution in [-0.4, -0.2) is 18.1 Å². The Balaban J connectivity index is 1.83. The first kappa shape index (κ1) is 19.0. The summed E-state index contributed by atoms with van der Waals surface area (Å²) in [6.45, 7) is 5.30. The van der Waals surface area contributed by atoms with Crippen molar-refractivity contribution < 1.29 is 9.13 Å². The fourth-order valence-corrected chi connectivity index (χ4v) is 3.94. The molecule has 4 nitrogen and oxygen atoms in total. The third-order valence-corrected chi connectivity index (χ3v) is 5.38. The van der Waals surface area contributed by atoms with Crippen molar-refractivity contribution >= 4 is 0 Å². The zero-order chi connectivity index (χ0) is 20.4. The second kappa shape index (κ2) is 7.59. The van der Waals surface area contributed by atoms with E-state index in [0.717, 1.165) is 33.6 Å². The number of halogens is 1. The van der Waals surface area contributed by atoms with Gasteiger partial charge in [0.25, 0.3) is 0 Å². The van der Waals surface area contributed by atoms with E-state index >= 15 is 0 Å². The molecule has 0 aliphatic carbocycles. The van der Waals surface area contributed by atoms with Gasteiger partial charge >= 0.3 is 0 Å². The van der Waals surface area contributed by atoms with Crippen LogP contribution in [0.15, 0.2) is 72.8 Å². The summed E-state index contributed by atoms with van der Waals surface area (Å²) in [5.74, 6) is 1.18. The molecule has 2 heterocycles. The molecule has 2 aromatic carbocycles. The highest BCUT2D eigenvalue weighted by Gasteiger charge is 2.37. The molecule has 0 amide bonds. The van der Waals surface area contributed by atoms with Gasteiger partial charge in [0.1, 0.15) is 11.6 Å². The Morgan fingerprint density at radius 3 is 2.62 bits per heavy atom. The van der Waals surface area contributed by atoms with Gasteiger partial charge in [0.2, 0.25) is 0 Å². The van der Waals surface area contributed by atoms with Gasteiger partial charge in [0.15, 0.2) is 0 Å². The zero-order valence-electron chi connectivity index (χ0n) is 16.6. The summed E-state index contributed by atoms with van der Waals surface area (Å²) in [6, 6.07) is 15.9. The Labute approximate surface area is 170 Å². The highest BCUT2D eigenvalue weighted by atomic mass is 19.1. The maximum absolute atomic E-state index is 13.7. The normalized spacial score (nSPS) is 18.2. The smallest absolute Gasteiger partial charge is 0.142 e. The van der Waals surface area contributed by atoms with Gasteiger partial charge in [-0.2, -0.15) is 0 Å². The van der Waals surface area contributed by atoms with Crippen LogP contribution >= 0.6 is 0 Å². The average Bonchev–Trinajstić information content (AvgIpc) is 3.13. The van der Waals surface area contributed by atoms with Crippen molar-refractivity contribution in [3.8, 4) is 16.9 Å². The van der Waals surface area contributed by atoms with Crippen LogP contribution in [0.1, 0.15) is 23.6 Å². The fraction of sp³-hybridized carbons (Fsp3) is 0.208. The number of benzene rings is 2. The summed E-state index contributed by atoms with van der Waals surface area (Å²) in [7, 11) is 0. The molecule has 0 saturated heterocycles. The highest BCUT2D eigenvalue weighted by molar-refractivity contribution is 5.65. The lowest BCUT2D eigenvalue weighted by molar-refractivity contribution is 0.337. The fourth-order valence-electron chi connectivity index (χ4n) is 3.94. The predicted molar refractivity (Wildman–Crippen MR) is 113 cm³/mol. The number of ether oxygens (including phenoxy) is 1. The average molecular weight is 389 g/mol. The van der Waals surface area contributed by atoms with E-state index in [-0.39, 0.29) is 5.82 Å². The number of nitrogens with one attached hydrogen (secondary N) is 1. The lowest BCUT2D eigenvalue weighted by Crippen LogP contribution is -2.31. The number of hydrogen-bond donors (Lipinski definition) is 2. The Morgan fingerprint density at radius 2 is 1.93 bits per heavy atom. The van der Waals surface area contributed by atoms with Crippen LogP contribution in [0.3, 0.4) is 0 Å². The zero-order valence-corrected chi connectivity index (χ0v) is 16.6. The number of rotatable bonds is 5. The van der Waals surface area contributed by atoms with Crippen LogP contribution in [0.25, 0.3) is 11.1 Å². The molecule has 0 fully saturated rings. The first-order valence-electron chi connectivity index (χ1n) is 9.69. The molecule has 0 saturated carbocycles. The molecule has 4 rings (SSSR count). The third kappa shape index (κ3) is 3.56. The summed E-state index contributed by atoms with van der Waals surface area (Å²) >= 11 is 0. The molecule has 1 atom stereocenters. The van der Waals surface area contributed by atoms with E-state index in [1.165, 1.54) is 12.3 Å². The summed E-state index contributed by atoms with van der Waals surface area (Å²) in [5, 5.41) is 3.27. The summed E-state index contributed by atoms with van der Waals surface area (Å²) < 4.78 is 19.4. The number of nitrogens with zero attached hydrogens (tertiary/aromatic N) is 1. The molecule has 3 N–H and O–H groups in total. The second-order valence-electron chi connectivity index (χ2n) is 7.31. The van der Waals surface area contributed by atoms with Gasteiger partial charge in [-0.25, -0.2) is 4.39 Å². The third-order valence-electron chi connectivity index (χ3n) is 5.38. The van der Waals surface area contributed by atoms with Crippen molar-refractivity contribution in [3.05, 3.63) is 95.3 Å². The van der Waals surface area contributed by atoms with Crippen LogP contribution in [0.4, 0.5) is 4.39 Å². The van der Waals surface area contributed by atoms with Crippen molar-refractivity contribution in [1.29, 1.82) is 0 Å². The molecule has 148 valence electrons. The predicted octanol–water partition coefficient (Wildman–Crippen LogP) is 4.28. The van der Waals surface area contributed by atoms with Crippen LogP contribution < -0.4 is 15.8 Å².